The average Bonchev–Trinajstić information content (AvgIpc) is 3.09. The van der Waals surface area contributed by atoms with Crippen LogP contribution in [0.5, 0.6) is 11.5 Å². The van der Waals surface area contributed by atoms with E-state index in [1.54, 1.807) is 14.2 Å². The highest BCUT2D eigenvalue weighted by Crippen LogP contribution is 2.49. The number of halogens is 1. The zero-order chi connectivity index (χ0) is 31.6. The first-order chi connectivity index (χ1) is 18.6. The molecule has 0 fully saturated rings. The highest BCUT2D eigenvalue weighted by atomic mass is 79.9. The molecule has 41 heavy (non-hydrogen) atoms. The van der Waals surface area contributed by atoms with Crippen molar-refractivity contribution in [2.24, 2.45) is 21.7 Å². The average molecular weight is 634 g/mol. The highest BCUT2D eigenvalue weighted by molar-refractivity contribution is 9.10. The van der Waals surface area contributed by atoms with E-state index in [-0.39, 0.29) is 35.0 Å². The van der Waals surface area contributed by atoms with Crippen LogP contribution >= 0.6 is 15.9 Å². The molecular weight excluding hydrogens is 584 g/mol. The molecule has 2 aromatic rings. The molecule has 2 atom stereocenters. The van der Waals surface area contributed by atoms with Crippen LogP contribution in [0.2, 0.25) is 0 Å². The van der Waals surface area contributed by atoms with E-state index in [9.17, 15) is 9.59 Å². The molecule has 0 saturated heterocycles. The molecule has 228 valence electrons. The van der Waals surface area contributed by atoms with E-state index < -0.39 is 10.8 Å². The zero-order valence-corrected chi connectivity index (χ0v) is 28.7. The van der Waals surface area contributed by atoms with E-state index in [2.05, 4.69) is 56.6 Å². The molecule has 6 nitrogen and oxygen atoms in total. The molecule has 3 rings (SSSR count). The van der Waals surface area contributed by atoms with Crippen molar-refractivity contribution in [3.63, 3.8) is 0 Å². The first-order valence-electron chi connectivity index (χ1n) is 14.0. The first kappa shape index (κ1) is 34.7. The summed E-state index contributed by atoms with van der Waals surface area (Å²) < 4.78 is 23.1. The van der Waals surface area contributed by atoms with Crippen molar-refractivity contribution in [2.45, 2.75) is 94.8 Å². The Bertz CT molecular complexity index is 1230. The van der Waals surface area contributed by atoms with Gasteiger partial charge in [0, 0.05) is 20.9 Å². The quantitative estimate of drug-likeness (QED) is 0.306. The molecule has 0 aromatic heterocycles. The summed E-state index contributed by atoms with van der Waals surface area (Å²) in [4.78, 5) is 24.5. The Balaban J connectivity index is 0.000000287. The summed E-state index contributed by atoms with van der Waals surface area (Å²) in [6.07, 6.45) is 0.349. The van der Waals surface area contributed by atoms with Gasteiger partial charge in [0.1, 0.15) is 23.7 Å². The predicted octanol–water partition coefficient (Wildman–Crippen LogP) is 9.04. The molecule has 2 aromatic carbocycles. The normalized spacial score (nSPS) is 17.0. The SMILES string of the molecule is COc1ccc(Br)c(C(OC(=O)C(C)(C)C)C(C)(C)C)c1.COc1ccc2c(c1)C(OC(=O)C(C)(C)C)C(C)(C)C2. The van der Waals surface area contributed by atoms with Gasteiger partial charge in [-0.25, -0.2) is 0 Å². The van der Waals surface area contributed by atoms with E-state index in [1.807, 2.05) is 71.9 Å². The van der Waals surface area contributed by atoms with Gasteiger partial charge in [-0.15, -0.1) is 0 Å². The largest absolute Gasteiger partial charge is 0.497 e. The van der Waals surface area contributed by atoms with Gasteiger partial charge in [-0.2, -0.15) is 0 Å². The van der Waals surface area contributed by atoms with Crippen LogP contribution in [0.1, 0.15) is 105 Å². The molecule has 7 heteroatoms. The number of carbonyl (C=O) groups is 2. The summed E-state index contributed by atoms with van der Waals surface area (Å²) in [5.41, 5.74) is 1.90. The molecule has 0 spiro atoms. The van der Waals surface area contributed by atoms with Crippen LogP contribution in [0, 0.1) is 21.7 Å². The lowest BCUT2D eigenvalue weighted by Gasteiger charge is -2.33. The number of methoxy groups -OCH3 is 2. The fourth-order valence-corrected chi connectivity index (χ4v) is 4.91. The maximum absolute atomic E-state index is 12.3. The Morgan fingerprint density at radius 2 is 1.34 bits per heavy atom. The van der Waals surface area contributed by atoms with Gasteiger partial charge in [0.15, 0.2) is 0 Å². The summed E-state index contributed by atoms with van der Waals surface area (Å²) in [5.74, 6) is 1.18. The van der Waals surface area contributed by atoms with Crippen molar-refractivity contribution in [1.82, 2.24) is 0 Å². The standard InChI is InChI=1S/C17H25BrO3.C17H24O3/c1-16(2,3)14(21-15(19)17(4,5)6)12-10-11(20-7)8-9-13(12)18;1-16(2,3)15(18)20-14-13-9-12(19-6)8-7-11(13)10-17(14,4)5/h8-10,14H,1-7H3;7-9,14H,10H2,1-6H3. The minimum Gasteiger partial charge on any atom is -0.497 e. The van der Waals surface area contributed by atoms with Gasteiger partial charge in [0.25, 0.3) is 0 Å². The summed E-state index contributed by atoms with van der Waals surface area (Å²) in [6.45, 7) is 21.6. The monoisotopic (exact) mass is 632 g/mol. The van der Waals surface area contributed by atoms with Gasteiger partial charge in [0.05, 0.1) is 25.0 Å². The third kappa shape index (κ3) is 8.97. The molecule has 0 heterocycles. The topological polar surface area (TPSA) is 71.1 Å². The fourth-order valence-electron chi connectivity index (χ4n) is 4.46. The number of benzene rings is 2. The van der Waals surface area contributed by atoms with Gasteiger partial charge < -0.3 is 18.9 Å². The van der Waals surface area contributed by atoms with Crippen LogP contribution in [0.15, 0.2) is 40.9 Å². The summed E-state index contributed by atoms with van der Waals surface area (Å²) in [5, 5.41) is 0. The third-order valence-electron chi connectivity index (χ3n) is 6.94. The zero-order valence-electron chi connectivity index (χ0n) is 27.2. The van der Waals surface area contributed by atoms with E-state index in [4.69, 9.17) is 18.9 Å². The number of hydrogen-bond donors (Lipinski definition) is 0. The van der Waals surface area contributed by atoms with Gasteiger partial charge in [0.2, 0.25) is 0 Å². The molecule has 0 aliphatic heterocycles. The number of fused-ring (bicyclic) bond motifs is 1. The summed E-state index contributed by atoms with van der Waals surface area (Å²) in [6, 6.07) is 11.7. The lowest BCUT2D eigenvalue weighted by atomic mass is 9.84. The fraction of sp³-hybridized carbons (Fsp3) is 0.588. The van der Waals surface area contributed by atoms with Crippen molar-refractivity contribution in [3.8, 4) is 11.5 Å². The molecule has 1 aliphatic carbocycles. The second-order valence-corrected chi connectivity index (χ2v) is 15.4. The molecule has 0 amide bonds. The van der Waals surface area contributed by atoms with Gasteiger partial charge in [-0.1, -0.05) is 56.6 Å². The van der Waals surface area contributed by atoms with Crippen molar-refractivity contribution < 1.29 is 28.5 Å². The second-order valence-electron chi connectivity index (χ2n) is 14.6. The van der Waals surface area contributed by atoms with E-state index in [0.29, 0.717) is 0 Å². The number of rotatable bonds is 5. The predicted molar refractivity (Wildman–Crippen MR) is 167 cm³/mol. The molecular formula is C34H49BrO6. The van der Waals surface area contributed by atoms with Crippen molar-refractivity contribution in [3.05, 3.63) is 57.6 Å². The van der Waals surface area contributed by atoms with Gasteiger partial charge in [-0.05, 0) is 89.4 Å². The Labute approximate surface area is 255 Å². The maximum atomic E-state index is 12.3. The first-order valence-corrected chi connectivity index (χ1v) is 14.8. The number of hydrogen-bond acceptors (Lipinski definition) is 6. The molecule has 0 saturated carbocycles. The van der Waals surface area contributed by atoms with E-state index in [0.717, 1.165) is 33.5 Å². The molecule has 1 aliphatic rings. The van der Waals surface area contributed by atoms with Crippen LogP contribution in [0.3, 0.4) is 0 Å². The van der Waals surface area contributed by atoms with Crippen LogP contribution in [0.4, 0.5) is 0 Å². The van der Waals surface area contributed by atoms with Crippen molar-refractivity contribution in [1.29, 1.82) is 0 Å². The smallest absolute Gasteiger partial charge is 0.311 e. The lowest BCUT2D eigenvalue weighted by Crippen LogP contribution is -2.30. The minimum absolute atomic E-state index is 0.0877. The van der Waals surface area contributed by atoms with Crippen LogP contribution in [-0.2, 0) is 25.5 Å². The van der Waals surface area contributed by atoms with Crippen molar-refractivity contribution in [2.75, 3.05) is 14.2 Å². The number of carbonyl (C=O) groups excluding carboxylic acids is 2. The maximum Gasteiger partial charge on any atom is 0.311 e. The minimum atomic E-state index is -0.533. The second kappa shape index (κ2) is 12.8. The van der Waals surface area contributed by atoms with Gasteiger partial charge >= 0.3 is 11.9 Å². The van der Waals surface area contributed by atoms with Crippen molar-refractivity contribution >= 4 is 27.9 Å². The Kier molecular flexibility index (Phi) is 10.8. The van der Waals surface area contributed by atoms with Crippen LogP contribution in [-0.4, -0.2) is 26.2 Å². The summed E-state index contributed by atoms with van der Waals surface area (Å²) in [7, 11) is 3.28. The molecule has 0 radical (unpaired) electrons. The number of esters is 2. The Morgan fingerprint density at radius 1 is 0.829 bits per heavy atom. The van der Waals surface area contributed by atoms with E-state index >= 15 is 0 Å². The Hall–Kier alpha value is -2.54. The van der Waals surface area contributed by atoms with Crippen LogP contribution in [0.25, 0.3) is 0 Å². The molecule has 2 unspecified atom stereocenters. The lowest BCUT2D eigenvalue weighted by molar-refractivity contribution is -0.165. The third-order valence-corrected chi connectivity index (χ3v) is 7.66. The van der Waals surface area contributed by atoms with E-state index in [1.165, 1.54) is 5.56 Å². The molecule has 0 bridgehead atoms. The Morgan fingerprint density at radius 3 is 1.83 bits per heavy atom. The molecule has 0 N–H and O–H groups in total. The number of ether oxygens (including phenoxy) is 4. The van der Waals surface area contributed by atoms with Gasteiger partial charge in [-0.3, -0.25) is 9.59 Å². The van der Waals surface area contributed by atoms with Crippen LogP contribution < -0.4 is 9.47 Å². The summed E-state index contributed by atoms with van der Waals surface area (Å²) >= 11 is 3.55. The highest BCUT2D eigenvalue weighted by Gasteiger charge is 2.43.